The number of nitrogens with zero attached hydrogens (tertiary/aromatic N) is 2. The van der Waals surface area contributed by atoms with E-state index < -0.39 is 29.4 Å². The summed E-state index contributed by atoms with van der Waals surface area (Å²) >= 11 is 0. The number of pyridine rings is 1. The number of anilines is 1. The summed E-state index contributed by atoms with van der Waals surface area (Å²) in [6.07, 6.45) is 5.35. The lowest BCUT2D eigenvalue weighted by Gasteiger charge is -2.30. The number of hydrogen-bond acceptors (Lipinski definition) is 4. The topological polar surface area (TPSA) is 90.0 Å². The number of sulfonamides is 1. The van der Waals surface area contributed by atoms with Gasteiger partial charge in [0, 0.05) is 17.6 Å². The summed E-state index contributed by atoms with van der Waals surface area (Å²) in [7, 11) is -4.08. The van der Waals surface area contributed by atoms with Crippen molar-refractivity contribution in [2.45, 2.75) is 49.6 Å². The first-order chi connectivity index (χ1) is 14.9. The van der Waals surface area contributed by atoms with Crippen molar-refractivity contribution >= 4 is 26.6 Å². The first-order valence-corrected chi connectivity index (χ1v) is 11.9. The number of halogens is 2. The summed E-state index contributed by atoms with van der Waals surface area (Å²) in [5.41, 5.74) is 10.7. The van der Waals surface area contributed by atoms with E-state index in [9.17, 15) is 17.2 Å². The quantitative estimate of drug-likeness (QED) is 0.542. The van der Waals surface area contributed by atoms with Gasteiger partial charge in [-0.05, 0) is 55.5 Å². The third kappa shape index (κ3) is 3.92. The lowest BCUT2D eigenvalue weighted by atomic mass is 9.92. The van der Waals surface area contributed by atoms with Crippen LogP contribution in [-0.2, 0) is 16.4 Å². The Morgan fingerprint density at radius 1 is 1.23 bits per heavy atom. The van der Waals surface area contributed by atoms with Crippen molar-refractivity contribution in [2.24, 2.45) is 0 Å². The van der Waals surface area contributed by atoms with Gasteiger partial charge in [-0.2, -0.15) is 0 Å². The van der Waals surface area contributed by atoms with Gasteiger partial charge in [-0.1, -0.05) is 13.0 Å². The summed E-state index contributed by atoms with van der Waals surface area (Å²) in [5.74, 6) is 0. The van der Waals surface area contributed by atoms with Gasteiger partial charge in [-0.25, -0.2) is 21.9 Å². The third-order valence-corrected chi connectivity index (χ3v) is 7.44. The van der Waals surface area contributed by atoms with Gasteiger partial charge < -0.3 is 10.3 Å². The van der Waals surface area contributed by atoms with Gasteiger partial charge in [0.2, 0.25) is 10.0 Å². The molecular weight excluding hydrogens is 422 g/mol. The number of rotatable bonds is 8. The fourth-order valence-electron chi connectivity index (χ4n) is 3.96. The van der Waals surface area contributed by atoms with Gasteiger partial charge >= 0.3 is 0 Å². The van der Waals surface area contributed by atoms with Crippen molar-refractivity contribution in [3.05, 3.63) is 42.1 Å². The maximum absolute atomic E-state index is 12.7. The molecule has 1 fully saturated rings. The monoisotopic (exact) mass is 448 g/mol. The van der Waals surface area contributed by atoms with Gasteiger partial charge in [-0.15, -0.1) is 0 Å². The Morgan fingerprint density at radius 2 is 1.97 bits per heavy atom. The summed E-state index contributed by atoms with van der Waals surface area (Å²) in [6, 6.07) is 8.18. The van der Waals surface area contributed by atoms with Gasteiger partial charge in [0.1, 0.15) is 18.2 Å². The Labute approximate surface area is 180 Å². The van der Waals surface area contributed by atoms with Crippen LogP contribution < -0.4 is 10.5 Å². The highest BCUT2D eigenvalue weighted by Gasteiger charge is 2.28. The van der Waals surface area contributed by atoms with Gasteiger partial charge in [0.15, 0.2) is 0 Å². The Morgan fingerprint density at radius 3 is 2.52 bits per heavy atom. The molecule has 3 aromatic rings. The minimum absolute atomic E-state index is 0.152. The number of aromatic nitrogens is 2. The van der Waals surface area contributed by atoms with Gasteiger partial charge in [0.25, 0.3) is 0 Å². The number of nitrogen functional groups attached to an aromatic ring is 1. The second kappa shape index (κ2) is 8.55. The molecule has 0 spiro atoms. The molecule has 9 heteroatoms. The lowest BCUT2D eigenvalue weighted by molar-refractivity contribution is 0.324. The molecule has 0 amide bonds. The number of benzene rings is 1. The molecule has 0 unspecified atom stereocenters. The molecule has 0 radical (unpaired) electrons. The molecule has 0 bridgehead atoms. The van der Waals surface area contributed by atoms with Crippen molar-refractivity contribution in [3.8, 4) is 11.4 Å². The number of alkyl halides is 2. The number of aryl methyl sites for hydroxylation is 1. The molecule has 31 heavy (non-hydrogen) atoms. The van der Waals surface area contributed by atoms with Crippen LogP contribution in [0.2, 0.25) is 0 Å². The molecule has 2 heterocycles. The van der Waals surface area contributed by atoms with Crippen LogP contribution in [0.15, 0.2) is 41.4 Å². The Bertz CT molecular complexity index is 1180. The van der Waals surface area contributed by atoms with Crippen LogP contribution >= 0.6 is 0 Å². The lowest BCUT2D eigenvalue weighted by Crippen LogP contribution is -2.37. The summed E-state index contributed by atoms with van der Waals surface area (Å²) < 4.78 is 54.5. The van der Waals surface area contributed by atoms with Crippen LogP contribution in [-0.4, -0.2) is 37.4 Å². The minimum Gasteiger partial charge on any atom is -0.396 e. The van der Waals surface area contributed by atoms with E-state index in [4.69, 9.17) is 5.73 Å². The van der Waals surface area contributed by atoms with Gasteiger partial charge in [0.05, 0.1) is 28.6 Å². The molecule has 4 rings (SSSR count). The van der Waals surface area contributed by atoms with E-state index in [2.05, 4.69) is 34.7 Å². The van der Waals surface area contributed by atoms with Crippen LogP contribution in [0.25, 0.3) is 22.3 Å². The summed E-state index contributed by atoms with van der Waals surface area (Å²) in [6.45, 7) is -0.162. The van der Waals surface area contributed by atoms with E-state index in [0.29, 0.717) is 17.4 Å². The Hall–Kier alpha value is -2.52. The SMILES string of the molecule is CCc1ccc2c(c1)c(N)c(-c1ccc(S(=O)(=O)NC(CF)CF)cn1)n2C1CCC1. The van der Waals surface area contributed by atoms with E-state index in [1.807, 2.05) is 4.72 Å². The molecule has 166 valence electrons. The average molecular weight is 449 g/mol. The zero-order valence-corrected chi connectivity index (χ0v) is 18.1. The molecule has 0 saturated heterocycles. The Kier molecular flexibility index (Phi) is 5.98. The second-order valence-corrected chi connectivity index (χ2v) is 9.64. The molecule has 1 saturated carbocycles. The van der Waals surface area contributed by atoms with Crippen LogP contribution in [0.3, 0.4) is 0 Å². The van der Waals surface area contributed by atoms with Crippen LogP contribution in [0.1, 0.15) is 37.8 Å². The van der Waals surface area contributed by atoms with E-state index >= 15 is 0 Å². The maximum Gasteiger partial charge on any atom is 0.242 e. The first-order valence-electron chi connectivity index (χ1n) is 10.4. The minimum atomic E-state index is -4.08. The molecule has 0 aliphatic heterocycles. The average Bonchev–Trinajstić information content (AvgIpc) is 3.02. The van der Waals surface area contributed by atoms with Gasteiger partial charge in [-0.3, -0.25) is 4.98 Å². The van der Waals surface area contributed by atoms with Crippen molar-refractivity contribution in [3.63, 3.8) is 0 Å². The zero-order chi connectivity index (χ0) is 22.2. The molecule has 1 aliphatic rings. The summed E-state index contributed by atoms with van der Waals surface area (Å²) in [4.78, 5) is 4.22. The summed E-state index contributed by atoms with van der Waals surface area (Å²) in [5, 5.41) is 0.968. The zero-order valence-electron chi connectivity index (χ0n) is 17.3. The highest BCUT2D eigenvalue weighted by atomic mass is 32.2. The fraction of sp³-hybridized carbons (Fsp3) is 0.409. The largest absolute Gasteiger partial charge is 0.396 e. The van der Waals surface area contributed by atoms with Crippen LogP contribution in [0.4, 0.5) is 14.5 Å². The maximum atomic E-state index is 12.7. The molecule has 6 nitrogen and oxygen atoms in total. The van der Waals surface area contributed by atoms with E-state index in [0.717, 1.165) is 42.3 Å². The molecule has 0 atom stereocenters. The van der Waals surface area contributed by atoms with E-state index in [1.165, 1.54) is 17.8 Å². The first kappa shape index (κ1) is 21.7. The highest BCUT2D eigenvalue weighted by Crippen LogP contribution is 2.43. The third-order valence-electron chi connectivity index (χ3n) is 5.94. The molecule has 3 N–H and O–H groups in total. The fourth-order valence-corrected chi connectivity index (χ4v) is 5.10. The normalized spacial score (nSPS) is 15.0. The molecule has 1 aliphatic carbocycles. The standard InChI is InChI=1S/C22H26F2N4O2S/c1-2-14-6-9-20-18(10-14)21(25)22(28(20)16-4-3-5-16)19-8-7-17(13-26-19)31(29,30)27-15(11-23)12-24/h6-10,13,15-16,27H,2-5,11-12,25H2,1H3. The molecular formula is C22H26F2N4O2S. The molecule has 1 aromatic carbocycles. The van der Waals surface area contributed by atoms with Crippen molar-refractivity contribution in [2.75, 3.05) is 19.1 Å². The number of hydrogen-bond donors (Lipinski definition) is 2. The van der Waals surface area contributed by atoms with Crippen LogP contribution in [0, 0.1) is 0 Å². The highest BCUT2D eigenvalue weighted by molar-refractivity contribution is 7.89. The van der Waals surface area contributed by atoms with Crippen molar-refractivity contribution < 1.29 is 17.2 Å². The molecule has 2 aromatic heterocycles. The van der Waals surface area contributed by atoms with Crippen LogP contribution in [0.5, 0.6) is 0 Å². The predicted molar refractivity (Wildman–Crippen MR) is 118 cm³/mol. The number of nitrogens with one attached hydrogen (secondary N) is 1. The van der Waals surface area contributed by atoms with Crippen molar-refractivity contribution in [1.82, 2.24) is 14.3 Å². The van der Waals surface area contributed by atoms with E-state index in [-0.39, 0.29) is 4.90 Å². The van der Waals surface area contributed by atoms with E-state index in [1.54, 1.807) is 6.07 Å². The second-order valence-electron chi connectivity index (χ2n) is 7.93. The Balaban J connectivity index is 1.77. The predicted octanol–water partition coefficient (Wildman–Crippen LogP) is 4.16. The smallest absolute Gasteiger partial charge is 0.242 e. The number of nitrogens with two attached hydrogens (primary N) is 1. The number of fused-ring (bicyclic) bond motifs is 1. The van der Waals surface area contributed by atoms with Crippen molar-refractivity contribution in [1.29, 1.82) is 0 Å².